The van der Waals surface area contributed by atoms with Gasteiger partial charge in [-0.25, -0.2) is 9.97 Å². The minimum Gasteiger partial charge on any atom is -0.391 e. The number of aromatic nitrogens is 2. The van der Waals surface area contributed by atoms with E-state index in [9.17, 15) is 14.3 Å². The maximum atomic E-state index is 13.5. The molecule has 0 spiro atoms. The third kappa shape index (κ3) is 3.85. The molecule has 7 heteroatoms. The maximum absolute atomic E-state index is 13.5. The Kier molecular flexibility index (Phi) is 5.26. The SMILES string of the molecule is CN1CCc2c(Cc3ccnc(F)c3)cc(C(=O)N[C@H]3CCCC[C@@H]3O)nc21. The Hall–Kier alpha value is -2.54. The second-order valence-electron chi connectivity index (χ2n) is 7.74. The van der Waals surface area contributed by atoms with Crippen molar-refractivity contribution in [2.45, 2.75) is 50.7 Å². The maximum Gasteiger partial charge on any atom is 0.270 e. The lowest BCUT2D eigenvalue weighted by Crippen LogP contribution is -2.45. The Morgan fingerprint density at radius 2 is 2.18 bits per heavy atom. The van der Waals surface area contributed by atoms with Crippen LogP contribution < -0.4 is 10.2 Å². The van der Waals surface area contributed by atoms with E-state index in [1.807, 2.05) is 11.9 Å². The molecule has 1 amide bonds. The molecule has 3 heterocycles. The molecule has 2 atom stereocenters. The van der Waals surface area contributed by atoms with Crippen LogP contribution in [0.2, 0.25) is 0 Å². The van der Waals surface area contributed by atoms with E-state index in [1.54, 1.807) is 12.1 Å². The number of pyridine rings is 2. The van der Waals surface area contributed by atoms with Crippen LogP contribution in [0.3, 0.4) is 0 Å². The Balaban J connectivity index is 1.62. The number of amides is 1. The van der Waals surface area contributed by atoms with Gasteiger partial charge in [-0.15, -0.1) is 0 Å². The van der Waals surface area contributed by atoms with Crippen molar-refractivity contribution in [3.8, 4) is 0 Å². The lowest BCUT2D eigenvalue weighted by atomic mass is 9.92. The van der Waals surface area contributed by atoms with Crippen LogP contribution in [0.4, 0.5) is 10.2 Å². The fourth-order valence-electron chi connectivity index (χ4n) is 4.15. The summed E-state index contributed by atoms with van der Waals surface area (Å²) in [5.74, 6) is 0.0298. The highest BCUT2D eigenvalue weighted by Crippen LogP contribution is 2.30. The molecule has 1 aliphatic heterocycles. The summed E-state index contributed by atoms with van der Waals surface area (Å²) >= 11 is 0. The predicted molar refractivity (Wildman–Crippen MR) is 104 cm³/mol. The molecular formula is C21H25FN4O2. The summed E-state index contributed by atoms with van der Waals surface area (Å²) in [6.45, 7) is 0.840. The average Bonchev–Trinajstić information content (AvgIpc) is 3.05. The summed E-state index contributed by atoms with van der Waals surface area (Å²) in [6, 6.07) is 4.78. The van der Waals surface area contributed by atoms with Crippen molar-refractivity contribution in [2.24, 2.45) is 0 Å². The molecule has 28 heavy (non-hydrogen) atoms. The first-order valence-corrected chi connectivity index (χ1v) is 9.84. The summed E-state index contributed by atoms with van der Waals surface area (Å²) in [7, 11) is 1.96. The van der Waals surface area contributed by atoms with Crippen LogP contribution in [0.5, 0.6) is 0 Å². The van der Waals surface area contributed by atoms with Crippen LogP contribution in [0.25, 0.3) is 0 Å². The standard InChI is InChI=1S/C21H25FN4O2/c1-26-9-7-15-14(10-13-6-8-23-19(22)11-13)12-17(24-20(15)26)21(28)25-16-4-2-3-5-18(16)27/h6,8,11-12,16,18,27H,2-5,7,9-10H2,1H3,(H,25,28)/t16-,18-/m0/s1. The van der Waals surface area contributed by atoms with Crippen molar-refractivity contribution in [1.82, 2.24) is 15.3 Å². The summed E-state index contributed by atoms with van der Waals surface area (Å²) in [4.78, 5) is 23.1. The van der Waals surface area contributed by atoms with Crippen LogP contribution in [0.1, 0.15) is 52.9 Å². The van der Waals surface area contributed by atoms with Crippen molar-refractivity contribution in [2.75, 3.05) is 18.5 Å². The van der Waals surface area contributed by atoms with Crippen molar-refractivity contribution in [3.05, 3.63) is 52.7 Å². The molecular weight excluding hydrogens is 359 g/mol. The van der Waals surface area contributed by atoms with E-state index < -0.39 is 12.1 Å². The van der Waals surface area contributed by atoms with Crippen LogP contribution in [0.15, 0.2) is 24.4 Å². The molecule has 2 aliphatic rings. The van der Waals surface area contributed by atoms with Gasteiger partial charge in [-0.3, -0.25) is 4.79 Å². The van der Waals surface area contributed by atoms with E-state index in [0.717, 1.165) is 54.7 Å². The number of aliphatic hydroxyl groups excluding tert-OH is 1. The van der Waals surface area contributed by atoms with Gasteiger partial charge in [-0.2, -0.15) is 4.39 Å². The second-order valence-corrected chi connectivity index (χ2v) is 7.74. The number of carbonyl (C=O) groups excluding carboxylic acids is 1. The number of nitrogens with zero attached hydrogens (tertiary/aromatic N) is 3. The Morgan fingerprint density at radius 3 is 2.96 bits per heavy atom. The number of aliphatic hydroxyl groups is 1. The first kappa shape index (κ1) is 18.8. The summed E-state index contributed by atoms with van der Waals surface area (Å²) < 4.78 is 13.5. The lowest BCUT2D eigenvalue weighted by molar-refractivity contribution is 0.0714. The van der Waals surface area contributed by atoms with E-state index >= 15 is 0 Å². The molecule has 0 bridgehead atoms. The number of carbonyl (C=O) groups is 1. The zero-order chi connectivity index (χ0) is 19.7. The molecule has 2 aromatic rings. The molecule has 2 aromatic heterocycles. The van der Waals surface area contributed by atoms with E-state index in [2.05, 4.69) is 15.3 Å². The number of anilines is 1. The molecule has 0 aromatic carbocycles. The van der Waals surface area contributed by atoms with Gasteiger partial charge in [0.1, 0.15) is 11.5 Å². The number of rotatable bonds is 4. The number of fused-ring (bicyclic) bond motifs is 1. The zero-order valence-corrected chi connectivity index (χ0v) is 16.0. The minimum atomic E-state index is -0.510. The molecule has 0 unspecified atom stereocenters. The molecule has 148 valence electrons. The van der Waals surface area contributed by atoms with Crippen molar-refractivity contribution >= 4 is 11.7 Å². The third-order valence-electron chi connectivity index (χ3n) is 5.72. The fraction of sp³-hybridized carbons (Fsp3) is 0.476. The van der Waals surface area contributed by atoms with Gasteiger partial charge in [-0.1, -0.05) is 12.8 Å². The molecule has 0 radical (unpaired) electrons. The van der Waals surface area contributed by atoms with E-state index in [-0.39, 0.29) is 11.9 Å². The molecule has 0 saturated heterocycles. The predicted octanol–water partition coefficient (Wildman–Crippen LogP) is 2.23. The van der Waals surface area contributed by atoms with Gasteiger partial charge in [0.15, 0.2) is 0 Å². The van der Waals surface area contributed by atoms with Gasteiger partial charge in [0.05, 0.1) is 12.1 Å². The number of likely N-dealkylation sites (N-methyl/N-ethyl adjacent to an activating group) is 1. The van der Waals surface area contributed by atoms with Crippen LogP contribution in [-0.2, 0) is 12.8 Å². The van der Waals surface area contributed by atoms with E-state index in [4.69, 9.17) is 0 Å². The lowest BCUT2D eigenvalue weighted by Gasteiger charge is -2.28. The quantitative estimate of drug-likeness (QED) is 0.791. The number of hydrogen-bond donors (Lipinski definition) is 2. The molecule has 4 rings (SSSR count). The van der Waals surface area contributed by atoms with Crippen molar-refractivity contribution in [3.63, 3.8) is 0 Å². The third-order valence-corrected chi connectivity index (χ3v) is 5.72. The van der Waals surface area contributed by atoms with E-state index in [0.29, 0.717) is 18.5 Å². The highest BCUT2D eigenvalue weighted by molar-refractivity contribution is 5.93. The largest absolute Gasteiger partial charge is 0.391 e. The topological polar surface area (TPSA) is 78.4 Å². The monoisotopic (exact) mass is 384 g/mol. The minimum absolute atomic E-state index is 0.230. The summed E-state index contributed by atoms with van der Waals surface area (Å²) in [6.07, 6.45) is 5.80. The Morgan fingerprint density at radius 1 is 1.36 bits per heavy atom. The highest BCUT2D eigenvalue weighted by atomic mass is 19.1. The van der Waals surface area contributed by atoms with Gasteiger partial charge >= 0.3 is 0 Å². The zero-order valence-electron chi connectivity index (χ0n) is 16.0. The first-order chi connectivity index (χ1) is 13.5. The van der Waals surface area contributed by atoms with E-state index in [1.165, 1.54) is 12.3 Å². The Bertz CT molecular complexity index is 889. The van der Waals surface area contributed by atoms with Gasteiger partial charge in [0.25, 0.3) is 5.91 Å². The van der Waals surface area contributed by atoms with Crippen LogP contribution in [0, 0.1) is 5.95 Å². The molecule has 1 saturated carbocycles. The van der Waals surface area contributed by atoms with Gasteiger partial charge in [0, 0.05) is 25.4 Å². The molecule has 6 nitrogen and oxygen atoms in total. The fourth-order valence-corrected chi connectivity index (χ4v) is 4.15. The van der Waals surface area contributed by atoms with Crippen LogP contribution >= 0.6 is 0 Å². The first-order valence-electron chi connectivity index (χ1n) is 9.84. The number of nitrogens with one attached hydrogen (secondary N) is 1. The highest BCUT2D eigenvalue weighted by Gasteiger charge is 2.28. The van der Waals surface area contributed by atoms with Gasteiger partial charge in [-0.05, 0) is 55.0 Å². The summed E-state index contributed by atoms with van der Waals surface area (Å²) in [5.41, 5.74) is 3.24. The molecule has 2 N–H and O–H groups in total. The number of halogens is 1. The second kappa shape index (κ2) is 7.83. The van der Waals surface area contributed by atoms with Crippen molar-refractivity contribution < 1.29 is 14.3 Å². The molecule has 1 aliphatic carbocycles. The average molecular weight is 384 g/mol. The molecule has 1 fully saturated rings. The van der Waals surface area contributed by atoms with Gasteiger partial charge < -0.3 is 15.3 Å². The Labute approximate surface area is 163 Å². The smallest absolute Gasteiger partial charge is 0.270 e. The summed E-state index contributed by atoms with van der Waals surface area (Å²) in [5, 5.41) is 13.1. The van der Waals surface area contributed by atoms with Crippen LogP contribution in [-0.4, -0.2) is 46.7 Å². The normalized spacial score (nSPS) is 21.5. The van der Waals surface area contributed by atoms with Crippen molar-refractivity contribution in [1.29, 1.82) is 0 Å². The number of hydrogen-bond acceptors (Lipinski definition) is 5. The van der Waals surface area contributed by atoms with Gasteiger partial charge in [0.2, 0.25) is 5.95 Å².